The van der Waals surface area contributed by atoms with Crippen molar-refractivity contribution in [2.75, 3.05) is 0 Å². The minimum absolute atomic E-state index is 1.12. The highest BCUT2D eigenvalue weighted by atomic mass is 15.0. The fraction of sp³-hybridized carbons (Fsp3) is 0. The first-order valence-corrected chi connectivity index (χ1v) is 23.8. The molecule has 0 amide bonds. The van der Waals surface area contributed by atoms with Gasteiger partial charge in [-0.2, -0.15) is 0 Å². The van der Waals surface area contributed by atoms with E-state index in [-0.39, 0.29) is 0 Å². The van der Waals surface area contributed by atoms with E-state index in [0.29, 0.717) is 0 Å². The molecule has 0 saturated carbocycles. The van der Waals surface area contributed by atoms with Crippen molar-refractivity contribution in [3.8, 4) is 83.6 Å². The first-order chi connectivity index (χ1) is 34.2. The van der Waals surface area contributed by atoms with E-state index >= 15 is 0 Å². The van der Waals surface area contributed by atoms with Crippen LogP contribution in [0.5, 0.6) is 0 Å². The average molecular weight is 876 g/mol. The van der Waals surface area contributed by atoms with Gasteiger partial charge in [-0.15, -0.1) is 0 Å². The number of hydrogen-bond donors (Lipinski definition) is 0. The summed E-state index contributed by atoms with van der Waals surface area (Å²) in [5, 5.41) is 7.46. The van der Waals surface area contributed by atoms with Crippen LogP contribution in [0.3, 0.4) is 0 Å². The van der Waals surface area contributed by atoms with Crippen LogP contribution in [0.1, 0.15) is 0 Å². The normalized spacial score (nSPS) is 11.5. The van der Waals surface area contributed by atoms with Gasteiger partial charge in [0, 0.05) is 16.5 Å². The van der Waals surface area contributed by atoms with Crippen LogP contribution in [-0.2, 0) is 0 Å². The maximum atomic E-state index is 2.44. The number of aromatic nitrogens is 1. The van der Waals surface area contributed by atoms with Crippen LogP contribution in [0.15, 0.2) is 273 Å². The standard InChI is InChI=1S/C68H45N/c1-5-19-47(20-6-1)55-27-13-15-29-57(55)52-36-41-65-62(44-52)63-45-53(58-30-16-14-28-56(58)48-21-7-2-8-22-48)37-42-66(63)69(65)54-38-33-46(34-39-54)51-35-40-61-64(43-51)68(50-25-11-4-12-26-50)60-32-18-17-31-59(60)67(61)49-23-9-3-10-24-49/h1-45H. The van der Waals surface area contributed by atoms with E-state index in [9.17, 15) is 0 Å². The van der Waals surface area contributed by atoms with E-state index in [4.69, 9.17) is 0 Å². The number of nitrogens with zero attached hydrogens (tertiary/aromatic N) is 1. The third-order valence-electron chi connectivity index (χ3n) is 14.0. The molecule has 0 aliphatic rings. The van der Waals surface area contributed by atoms with Gasteiger partial charge in [0.2, 0.25) is 0 Å². The van der Waals surface area contributed by atoms with Crippen molar-refractivity contribution in [2.24, 2.45) is 0 Å². The number of benzene rings is 12. The molecule has 0 radical (unpaired) electrons. The van der Waals surface area contributed by atoms with Crippen LogP contribution >= 0.6 is 0 Å². The largest absolute Gasteiger partial charge is 0.309 e. The highest BCUT2D eigenvalue weighted by Crippen LogP contribution is 2.46. The second-order valence-corrected chi connectivity index (χ2v) is 18.0. The molecule has 1 nitrogen and oxygen atoms in total. The molecule has 0 N–H and O–H groups in total. The fourth-order valence-corrected chi connectivity index (χ4v) is 10.8. The summed E-state index contributed by atoms with van der Waals surface area (Å²) in [4.78, 5) is 0. The molecule has 13 rings (SSSR count). The van der Waals surface area contributed by atoms with Gasteiger partial charge in [-0.25, -0.2) is 0 Å². The third-order valence-corrected chi connectivity index (χ3v) is 14.0. The number of hydrogen-bond acceptors (Lipinski definition) is 0. The van der Waals surface area contributed by atoms with Crippen LogP contribution in [0.2, 0.25) is 0 Å². The lowest BCUT2D eigenvalue weighted by Gasteiger charge is -2.19. The van der Waals surface area contributed by atoms with Gasteiger partial charge in [0.1, 0.15) is 0 Å². The zero-order chi connectivity index (χ0) is 45.7. The summed E-state index contributed by atoms with van der Waals surface area (Å²) in [7, 11) is 0. The third kappa shape index (κ3) is 7.03. The van der Waals surface area contributed by atoms with Crippen LogP contribution in [0, 0.1) is 0 Å². The van der Waals surface area contributed by atoms with Crippen LogP contribution < -0.4 is 0 Å². The van der Waals surface area contributed by atoms with Crippen molar-refractivity contribution >= 4 is 43.4 Å². The molecule has 0 aliphatic heterocycles. The van der Waals surface area contributed by atoms with E-state index in [1.165, 1.54) is 121 Å². The molecule has 1 aromatic heterocycles. The second kappa shape index (κ2) is 17.0. The molecule has 0 saturated heterocycles. The maximum Gasteiger partial charge on any atom is 0.0541 e. The molecule has 0 unspecified atom stereocenters. The van der Waals surface area contributed by atoms with Gasteiger partial charge in [0.15, 0.2) is 0 Å². The lowest BCUT2D eigenvalue weighted by molar-refractivity contribution is 1.18. The molecular weight excluding hydrogens is 831 g/mol. The van der Waals surface area contributed by atoms with Gasteiger partial charge in [0.25, 0.3) is 0 Å². The molecule has 69 heavy (non-hydrogen) atoms. The SMILES string of the molecule is c1ccc(-c2ccccc2-c2ccc3c(c2)c2cc(-c4ccccc4-c4ccccc4)ccc2n3-c2ccc(-c3ccc4c(-c5ccccc5)c5ccccc5c(-c5ccccc5)c4c3)cc2)cc1. The van der Waals surface area contributed by atoms with Gasteiger partial charge >= 0.3 is 0 Å². The Labute approximate surface area is 402 Å². The summed E-state index contributed by atoms with van der Waals surface area (Å²) >= 11 is 0. The monoisotopic (exact) mass is 875 g/mol. The summed E-state index contributed by atoms with van der Waals surface area (Å²) in [6.07, 6.45) is 0. The molecule has 322 valence electrons. The molecule has 0 bridgehead atoms. The van der Waals surface area contributed by atoms with E-state index in [1.54, 1.807) is 0 Å². The Hall–Kier alpha value is -9.04. The van der Waals surface area contributed by atoms with Crippen LogP contribution in [0.25, 0.3) is 127 Å². The second-order valence-electron chi connectivity index (χ2n) is 18.0. The molecule has 12 aromatic carbocycles. The molecule has 0 spiro atoms. The zero-order valence-corrected chi connectivity index (χ0v) is 37.9. The van der Waals surface area contributed by atoms with Crippen molar-refractivity contribution in [2.45, 2.75) is 0 Å². The van der Waals surface area contributed by atoms with Crippen LogP contribution in [0.4, 0.5) is 0 Å². The average Bonchev–Trinajstić information content (AvgIpc) is 3.76. The smallest absolute Gasteiger partial charge is 0.0541 e. The molecule has 1 heteroatoms. The maximum absolute atomic E-state index is 2.44. The van der Waals surface area contributed by atoms with Crippen molar-refractivity contribution in [3.05, 3.63) is 273 Å². The summed E-state index contributed by atoms with van der Waals surface area (Å²) in [5.41, 5.74) is 20.5. The Kier molecular flexibility index (Phi) is 9.91. The summed E-state index contributed by atoms with van der Waals surface area (Å²) in [6, 6.07) is 99.9. The van der Waals surface area contributed by atoms with Gasteiger partial charge < -0.3 is 4.57 Å². The molecule has 0 aliphatic carbocycles. The number of rotatable bonds is 8. The zero-order valence-electron chi connectivity index (χ0n) is 37.9. The van der Waals surface area contributed by atoms with E-state index in [1.807, 2.05) is 0 Å². The van der Waals surface area contributed by atoms with E-state index in [2.05, 4.69) is 278 Å². The Morgan fingerprint density at radius 2 is 0.522 bits per heavy atom. The Morgan fingerprint density at radius 1 is 0.188 bits per heavy atom. The topological polar surface area (TPSA) is 4.93 Å². The molecule has 13 aromatic rings. The highest BCUT2D eigenvalue weighted by molar-refractivity contribution is 6.22. The van der Waals surface area contributed by atoms with Crippen molar-refractivity contribution in [1.29, 1.82) is 0 Å². The quantitative estimate of drug-likeness (QED) is 0.134. The van der Waals surface area contributed by atoms with Gasteiger partial charge in [0.05, 0.1) is 11.0 Å². The van der Waals surface area contributed by atoms with Crippen molar-refractivity contribution < 1.29 is 0 Å². The van der Waals surface area contributed by atoms with Gasteiger partial charge in [-0.1, -0.05) is 231 Å². The predicted octanol–water partition coefficient (Wildman–Crippen LogP) is 18.8. The fourth-order valence-electron chi connectivity index (χ4n) is 10.8. The van der Waals surface area contributed by atoms with Crippen molar-refractivity contribution in [1.82, 2.24) is 4.57 Å². The van der Waals surface area contributed by atoms with E-state index < -0.39 is 0 Å². The molecule has 0 fully saturated rings. The summed E-state index contributed by atoms with van der Waals surface area (Å²) < 4.78 is 2.44. The number of fused-ring (bicyclic) bond motifs is 5. The van der Waals surface area contributed by atoms with Gasteiger partial charge in [-0.3, -0.25) is 0 Å². The first-order valence-electron chi connectivity index (χ1n) is 23.8. The Morgan fingerprint density at radius 3 is 0.986 bits per heavy atom. The molecule has 1 heterocycles. The molecular formula is C68H45N. The van der Waals surface area contributed by atoms with Crippen LogP contribution in [-0.4, -0.2) is 4.57 Å². The van der Waals surface area contributed by atoms with Gasteiger partial charge in [-0.05, 0) is 142 Å². The Balaban J connectivity index is 0.981. The summed E-state index contributed by atoms with van der Waals surface area (Å²) in [6.45, 7) is 0. The Bertz CT molecular complexity index is 3880. The highest BCUT2D eigenvalue weighted by Gasteiger charge is 2.20. The minimum atomic E-state index is 1.12. The van der Waals surface area contributed by atoms with Crippen molar-refractivity contribution in [3.63, 3.8) is 0 Å². The summed E-state index contributed by atoms with van der Waals surface area (Å²) in [5.74, 6) is 0. The predicted molar refractivity (Wildman–Crippen MR) is 294 cm³/mol. The minimum Gasteiger partial charge on any atom is -0.309 e. The lowest BCUT2D eigenvalue weighted by Crippen LogP contribution is -1.94. The van der Waals surface area contributed by atoms with E-state index in [0.717, 1.165) is 5.69 Å². The molecule has 0 atom stereocenters. The lowest BCUT2D eigenvalue weighted by atomic mass is 9.85. The first kappa shape index (κ1) is 40.3.